The van der Waals surface area contributed by atoms with Crippen LogP contribution in [-0.4, -0.2) is 72.7 Å². The molecule has 140 valence electrons. The standard InChI is InChI=1S/C16H24N2O6S/c1-22-13-4-5-14(23-2)15(12-13)25(20,21)18-10-8-17(9-11-18)7-6-16(19)24-3/h4-5,12H,6-11H2,1-3H3/p+1. The van der Waals surface area contributed by atoms with Crippen molar-refractivity contribution in [3.05, 3.63) is 18.2 Å². The van der Waals surface area contributed by atoms with E-state index >= 15 is 0 Å². The summed E-state index contributed by atoms with van der Waals surface area (Å²) in [7, 11) is 0.619. The number of rotatable bonds is 7. The predicted molar refractivity (Wildman–Crippen MR) is 90.5 cm³/mol. The van der Waals surface area contributed by atoms with E-state index in [2.05, 4.69) is 4.74 Å². The van der Waals surface area contributed by atoms with E-state index in [1.807, 2.05) is 0 Å². The predicted octanol–water partition coefficient (Wildman–Crippen LogP) is -0.844. The third-order valence-electron chi connectivity index (χ3n) is 4.33. The van der Waals surface area contributed by atoms with Crippen LogP contribution in [0.4, 0.5) is 0 Å². The molecule has 0 aliphatic carbocycles. The van der Waals surface area contributed by atoms with E-state index in [1.165, 1.54) is 36.6 Å². The molecule has 1 saturated heterocycles. The molecule has 1 aliphatic heterocycles. The Labute approximate surface area is 148 Å². The highest BCUT2D eigenvalue weighted by molar-refractivity contribution is 7.89. The number of piperazine rings is 1. The monoisotopic (exact) mass is 373 g/mol. The molecule has 0 bridgehead atoms. The first-order chi connectivity index (χ1) is 11.9. The second-order valence-electron chi connectivity index (χ2n) is 5.75. The van der Waals surface area contributed by atoms with E-state index in [0.717, 1.165) is 0 Å². The van der Waals surface area contributed by atoms with Crippen molar-refractivity contribution in [3.63, 3.8) is 0 Å². The van der Waals surface area contributed by atoms with Gasteiger partial charge in [-0.1, -0.05) is 0 Å². The largest absolute Gasteiger partial charge is 0.497 e. The summed E-state index contributed by atoms with van der Waals surface area (Å²) in [6.45, 7) is 2.70. The highest BCUT2D eigenvalue weighted by Crippen LogP contribution is 2.30. The van der Waals surface area contributed by atoms with Crippen LogP contribution in [-0.2, 0) is 19.6 Å². The number of sulfonamides is 1. The zero-order valence-electron chi connectivity index (χ0n) is 14.8. The van der Waals surface area contributed by atoms with Gasteiger partial charge in [-0.05, 0) is 12.1 Å². The number of methoxy groups -OCH3 is 3. The minimum atomic E-state index is -3.67. The molecule has 1 aromatic rings. The molecule has 1 fully saturated rings. The Kier molecular flexibility index (Phi) is 6.63. The molecule has 1 aliphatic rings. The summed E-state index contributed by atoms with van der Waals surface area (Å²) < 4.78 is 42.3. The Balaban J connectivity index is 2.08. The average molecular weight is 373 g/mol. The molecule has 0 saturated carbocycles. The van der Waals surface area contributed by atoms with Gasteiger partial charge < -0.3 is 19.1 Å². The number of carbonyl (C=O) groups excluding carboxylic acids is 1. The van der Waals surface area contributed by atoms with Crippen LogP contribution < -0.4 is 14.4 Å². The van der Waals surface area contributed by atoms with Gasteiger partial charge in [-0.2, -0.15) is 4.31 Å². The van der Waals surface area contributed by atoms with Crippen molar-refractivity contribution in [3.8, 4) is 11.5 Å². The topological polar surface area (TPSA) is 86.6 Å². The maximum absolute atomic E-state index is 13.0. The summed E-state index contributed by atoms with van der Waals surface area (Å²) in [6.07, 6.45) is 0.336. The molecule has 0 atom stereocenters. The lowest BCUT2D eigenvalue weighted by atomic mass is 10.3. The van der Waals surface area contributed by atoms with Crippen LogP contribution in [0.25, 0.3) is 0 Å². The van der Waals surface area contributed by atoms with Crippen molar-refractivity contribution in [1.29, 1.82) is 0 Å². The summed E-state index contributed by atoms with van der Waals surface area (Å²) in [5.74, 6) is 0.506. The summed E-state index contributed by atoms with van der Waals surface area (Å²) in [5.41, 5.74) is 0. The Morgan fingerprint density at radius 2 is 1.84 bits per heavy atom. The number of quaternary nitrogens is 1. The van der Waals surface area contributed by atoms with Crippen molar-refractivity contribution in [1.82, 2.24) is 4.31 Å². The Morgan fingerprint density at radius 3 is 2.40 bits per heavy atom. The number of benzene rings is 1. The number of esters is 1. The van der Waals surface area contributed by atoms with Crippen molar-refractivity contribution in [2.24, 2.45) is 0 Å². The molecule has 1 heterocycles. The molecule has 0 spiro atoms. The molecule has 0 amide bonds. The molecule has 1 N–H and O–H groups in total. The van der Waals surface area contributed by atoms with Gasteiger partial charge in [0.1, 0.15) is 16.4 Å². The fourth-order valence-corrected chi connectivity index (χ4v) is 4.41. The first-order valence-corrected chi connectivity index (χ1v) is 9.49. The minimum Gasteiger partial charge on any atom is -0.497 e. The lowest BCUT2D eigenvalue weighted by Gasteiger charge is -2.31. The summed E-state index contributed by atoms with van der Waals surface area (Å²) >= 11 is 0. The van der Waals surface area contributed by atoms with E-state index in [1.54, 1.807) is 12.1 Å². The summed E-state index contributed by atoms with van der Waals surface area (Å²) in [4.78, 5) is 12.5. The lowest BCUT2D eigenvalue weighted by molar-refractivity contribution is -0.903. The molecule has 2 rings (SSSR count). The van der Waals surface area contributed by atoms with Gasteiger partial charge in [-0.15, -0.1) is 0 Å². The van der Waals surface area contributed by atoms with Gasteiger partial charge in [0.2, 0.25) is 10.0 Å². The first kappa shape index (κ1) is 19.5. The molecule has 9 heteroatoms. The lowest BCUT2D eigenvalue weighted by Crippen LogP contribution is -3.14. The van der Waals surface area contributed by atoms with Crippen molar-refractivity contribution in [2.45, 2.75) is 11.3 Å². The molecule has 0 unspecified atom stereocenters. The Bertz CT molecular complexity index is 699. The molecule has 8 nitrogen and oxygen atoms in total. The van der Waals surface area contributed by atoms with Gasteiger partial charge in [0, 0.05) is 6.07 Å². The maximum atomic E-state index is 13.0. The summed E-state index contributed by atoms with van der Waals surface area (Å²) in [5, 5.41) is 0. The zero-order valence-corrected chi connectivity index (χ0v) is 15.6. The summed E-state index contributed by atoms with van der Waals surface area (Å²) in [6, 6.07) is 4.72. The smallest absolute Gasteiger partial charge is 0.311 e. The van der Waals surface area contributed by atoms with Gasteiger partial charge in [-0.25, -0.2) is 8.42 Å². The van der Waals surface area contributed by atoms with Crippen LogP contribution in [0.1, 0.15) is 6.42 Å². The average Bonchev–Trinajstić information content (AvgIpc) is 2.65. The molecule has 25 heavy (non-hydrogen) atoms. The van der Waals surface area contributed by atoms with Gasteiger partial charge in [0.15, 0.2) is 0 Å². The van der Waals surface area contributed by atoms with Gasteiger partial charge >= 0.3 is 5.97 Å². The van der Waals surface area contributed by atoms with Crippen molar-refractivity contribution in [2.75, 3.05) is 54.1 Å². The number of carbonyl (C=O) groups is 1. The molecule has 0 radical (unpaired) electrons. The van der Waals surface area contributed by atoms with Crippen LogP contribution in [0, 0.1) is 0 Å². The second-order valence-corrected chi connectivity index (χ2v) is 7.65. The van der Waals surface area contributed by atoms with Crippen LogP contribution >= 0.6 is 0 Å². The molecule has 0 aromatic heterocycles. The van der Waals surface area contributed by atoms with E-state index in [0.29, 0.717) is 50.6 Å². The highest BCUT2D eigenvalue weighted by Gasteiger charge is 2.32. The second kappa shape index (κ2) is 8.50. The van der Waals surface area contributed by atoms with Gasteiger partial charge in [-0.3, -0.25) is 4.79 Å². The molecular weight excluding hydrogens is 348 g/mol. The number of nitrogens with one attached hydrogen (secondary N) is 1. The number of hydrogen-bond acceptors (Lipinski definition) is 6. The van der Waals surface area contributed by atoms with Crippen LogP contribution in [0.3, 0.4) is 0 Å². The SMILES string of the molecule is COC(=O)CC[NH+]1CCN(S(=O)(=O)c2cc(OC)ccc2OC)CC1. The Morgan fingerprint density at radius 1 is 1.16 bits per heavy atom. The Hall–Kier alpha value is -1.84. The highest BCUT2D eigenvalue weighted by atomic mass is 32.2. The number of hydrogen-bond donors (Lipinski definition) is 1. The van der Waals surface area contributed by atoms with E-state index < -0.39 is 10.0 Å². The number of ether oxygens (including phenoxy) is 3. The number of nitrogens with zero attached hydrogens (tertiary/aromatic N) is 1. The van der Waals surface area contributed by atoms with Crippen LogP contribution in [0.5, 0.6) is 11.5 Å². The van der Waals surface area contributed by atoms with Crippen molar-refractivity contribution >= 4 is 16.0 Å². The van der Waals surface area contributed by atoms with Crippen LogP contribution in [0.15, 0.2) is 23.1 Å². The minimum absolute atomic E-state index is 0.104. The quantitative estimate of drug-likeness (QED) is 0.627. The first-order valence-electron chi connectivity index (χ1n) is 8.05. The third kappa shape index (κ3) is 4.62. The van der Waals surface area contributed by atoms with Crippen molar-refractivity contribution < 1.29 is 32.3 Å². The van der Waals surface area contributed by atoms with Gasteiger partial charge in [0.05, 0.1) is 60.5 Å². The molecule has 1 aromatic carbocycles. The normalized spacial score (nSPS) is 16.4. The third-order valence-corrected chi connectivity index (χ3v) is 6.25. The zero-order chi connectivity index (χ0) is 18.4. The van der Waals surface area contributed by atoms with E-state index in [-0.39, 0.29) is 10.9 Å². The van der Waals surface area contributed by atoms with Crippen LogP contribution in [0.2, 0.25) is 0 Å². The maximum Gasteiger partial charge on any atom is 0.311 e. The van der Waals surface area contributed by atoms with E-state index in [9.17, 15) is 13.2 Å². The fourth-order valence-electron chi connectivity index (χ4n) is 2.80. The van der Waals surface area contributed by atoms with Gasteiger partial charge in [0.25, 0.3) is 0 Å². The molecular formula is C16H25N2O6S+. The van der Waals surface area contributed by atoms with E-state index in [4.69, 9.17) is 9.47 Å². The fraction of sp³-hybridized carbons (Fsp3) is 0.562.